The summed E-state index contributed by atoms with van der Waals surface area (Å²) in [6.45, 7) is 1.32. The molecule has 0 spiro atoms. The van der Waals surface area contributed by atoms with E-state index in [0.29, 0.717) is 0 Å². The van der Waals surface area contributed by atoms with Crippen molar-refractivity contribution in [2.75, 3.05) is 0 Å². The van der Waals surface area contributed by atoms with Crippen LogP contribution in [-0.4, -0.2) is 5.78 Å². The van der Waals surface area contributed by atoms with Crippen LogP contribution in [0.15, 0.2) is 42.5 Å². The van der Waals surface area contributed by atoms with E-state index in [2.05, 4.69) is 0 Å². The molecular weight excluding hydrogens is 250 g/mol. The maximum Gasteiger partial charge on any atom is 0.201 e. The molecule has 98 valence electrons. The summed E-state index contributed by atoms with van der Waals surface area (Å²) in [7, 11) is 0. The monoisotopic (exact) mass is 262 g/mol. The second-order valence-electron chi connectivity index (χ2n) is 4.07. The van der Waals surface area contributed by atoms with E-state index in [1.165, 1.54) is 19.1 Å². The zero-order valence-electron chi connectivity index (χ0n) is 10.3. The third-order valence-corrected chi connectivity index (χ3v) is 2.66. The molecule has 2 aromatic carbocycles. The zero-order valence-corrected chi connectivity index (χ0v) is 10.3. The number of Topliss-reactive ketones (excluding diaryl/α,β-unsaturated/α-hetero) is 1. The second kappa shape index (κ2) is 5.61. The van der Waals surface area contributed by atoms with Gasteiger partial charge in [0.15, 0.2) is 17.3 Å². The fourth-order valence-electron chi connectivity index (χ4n) is 1.65. The van der Waals surface area contributed by atoms with Crippen molar-refractivity contribution in [2.45, 2.75) is 13.5 Å². The van der Waals surface area contributed by atoms with Crippen molar-refractivity contribution in [2.24, 2.45) is 0 Å². The molecule has 4 heteroatoms. The molecule has 0 bridgehead atoms. The number of hydrogen-bond donors (Lipinski definition) is 0. The fraction of sp³-hybridized carbons (Fsp3) is 0.133. The molecule has 0 N–H and O–H groups in total. The topological polar surface area (TPSA) is 26.3 Å². The molecule has 0 aliphatic heterocycles. The average molecular weight is 262 g/mol. The first kappa shape index (κ1) is 13.2. The molecule has 2 nitrogen and oxygen atoms in total. The average Bonchev–Trinajstić information content (AvgIpc) is 2.41. The minimum atomic E-state index is -1.17. The van der Waals surface area contributed by atoms with Gasteiger partial charge in [-0.1, -0.05) is 30.3 Å². The number of ether oxygens (including phenoxy) is 1. The predicted molar refractivity (Wildman–Crippen MR) is 67.1 cm³/mol. The summed E-state index contributed by atoms with van der Waals surface area (Å²) < 4.78 is 32.4. The lowest BCUT2D eigenvalue weighted by molar-refractivity contribution is 0.101. The number of carbonyl (C=O) groups excluding carboxylic acids is 1. The lowest BCUT2D eigenvalue weighted by atomic mass is 10.1. The van der Waals surface area contributed by atoms with Crippen LogP contribution in [0.25, 0.3) is 0 Å². The summed E-state index contributed by atoms with van der Waals surface area (Å²) in [4.78, 5) is 11.1. The van der Waals surface area contributed by atoms with Crippen LogP contribution < -0.4 is 4.74 Å². The van der Waals surface area contributed by atoms with Gasteiger partial charge in [0.25, 0.3) is 0 Å². The van der Waals surface area contributed by atoms with Gasteiger partial charge in [-0.3, -0.25) is 4.79 Å². The highest BCUT2D eigenvalue weighted by atomic mass is 19.2. The molecule has 2 rings (SSSR count). The van der Waals surface area contributed by atoms with Gasteiger partial charge in [-0.25, -0.2) is 4.39 Å². The van der Waals surface area contributed by atoms with Crippen molar-refractivity contribution < 1.29 is 18.3 Å². The van der Waals surface area contributed by atoms with Crippen molar-refractivity contribution >= 4 is 5.78 Å². The molecule has 19 heavy (non-hydrogen) atoms. The summed E-state index contributed by atoms with van der Waals surface area (Å²) in [6.07, 6.45) is 0. The molecule has 0 aliphatic rings. The van der Waals surface area contributed by atoms with Crippen LogP contribution >= 0.6 is 0 Å². The van der Waals surface area contributed by atoms with Crippen LogP contribution in [0.4, 0.5) is 8.78 Å². The van der Waals surface area contributed by atoms with E-state index in [1.807, 2.05) is 30.3 Å². The number of ketones is 1. The molecule has 0 saturated heterocycles. The molecule has 0 aromatic heterocycles. The van der Waals surface area contributed by atoms with E-state index in [4.69, 9.17) is 4.74 Å². The molecule has 0 heterocycles. The Morgan fingerprint density at radius 1 is 1.05 bits per heavy atom. The Balaban J connectivity index is 2.18. The first-order chi connectivity index (χ1) is 9.09. The molecular formula is C15H12F2O2. The zero-order chi connectivity index (χ0) is 13.8. The van der Waals surface area contributed by atoms with E-state index in [-0.39, 0.29) is 17.9 Å². The Morgan fingerprint density at radius 2 is 1.74 bits per heavy atom. The number of rotatable bonds is 4. The Labute approximate surface area is 109 Å². The van der Waals surface area contributed by atoms with Crippen molar-refractivity contribution in [3.8, 4) is 5.75 Å². The number of benzene rings is 2. The lowest BCUT2D eigenvalue weighted by Gasteiger charge is -2.09. The van der Waals surface area contributed by atoms with E-state index in [9.17, 15) is 13.6 Å². The highest BCUT2D eigenvalue weighted by Gasteiger charge is 2.16. The van der Waals surface area contributed by atoms with Gasteiger partial charge in [0.2, 0.25) is 5.82 Å². The van der Waals surface area contributed by atoms with Crippen LogP contribution in [0.3, 0.4) is 0 Å². The van der Waals surface area contributed by atoms with Gasteiger partial charge in [0.05, 0.1) is 5.56 Å². The molecule has 0 aliphatic carbocycles. The maximum absolute atomic E-state index is 13.7. The summed E-state index contributed by atoms with van der Waals surface area (Å²) in [6, 6.07) is 11.6. The second-order valence-corrected chi connectivity index (χ2v) is 4.07. The Bertz CT molecular complexity index is 595. The van der Waals surface area contributed by atoms with Crippen molar-refractivity contribution in [3.05, 3.63) is 65.2 Å². The number of hydrogen-bond acceptors (Lipinski definition) is 2. The Morgan fingerprint density at radius 3 is 2.37 bits per heavy atom. The third-order valence-electron chi connectivity index (χ3n) is 2.66. The third kappa shape index (κ3) is 2.96. The van der Waals surface area contributed by atoms with Gasteiger partial charge in [-0.2, -0.15) is 4.39 Å². The highest BCUT2D eigenvalue weighted by Crippen LogP contribution is 2.23. The molecule has 2 aromatic rings. The molecule has 0 radical (unpaired) electrons. The van der Waals surface area contributed by atoms with E-state index >= 15 is 0 Å². The maximum atomic E-state index is 13.7. The summed E-state index contributed by atoms with van der Waals surface area (Å²) in [5.74, 6) is -3.03. The summed E-state index contributed by atoms with van der Waals surface area (Å²) in [5, 5.41) is 0. The number of halogens is 2. The van der Waals surface area contributed by atoms with Gasteiger partial charge >= 0.3 is 0 Å². The summed E-state index contributed by atoms with van der Waals surface area (Å²) in [5.41, 5.74) is 0.572. The van der Waals surface area contributed by atoms with Gasteiger partial charge in [0.1, 0.15) is 6.61 Å². The lowest BCUT2D eigenvalue weighted by Crippen LogP contribution is -2.04. The van der Waals surface area contributed by atoms with Gasteiger partial charge in [-0.15, -0.1) is 0 Å². The Hall–Kier alpha value is -2.23. The summed E-state index contributed by atoms with van der Waals surface area (Å²) >= 11 is 0. The predicted octanol–water partition coefficient (Wildman–Crippen LogP) is 3.75. The molecule has 0 saturated carbocycles. The smallest absolute Gasteiger partial charge is 0.201 e. The number of carbonyl (C=O) groups is 1. The molecule has 0 amide bonds. The standard InChI is InChI=1S/C15H12F2O2/c1-10(18)12-7-8-13(15(17)14(12)16)19-9-11-5-3-2-4-6-11/h2-8H,9H2,1H3. The van der Waals surface area contributed by atoms with Crippen molar-refractivity contribution in [1.82, 2.24) is 0 Å². The van der Waals surface area contributed by atoms with E-state index in [0.717, 1.165) is 5.56 Å². The molecule has 0 unspecified atom stereocenters. The van der Waals surface area contributed by atoms with Crippen LogP contribution in [-0.2, 0) is 6.61 Å². The van der Waals surface area contributed by atoms with Crippen molar-refractivity contribution in [3.63, 3.8) is 0 Å². The quantitative estimate of drug-likeness (QED) is 0.784. The van der Waals surface area contributed by atoms with Crippen LogP contribution in [0.2, 0.25) is 0 Å². The minimum Gasteiger partial charge on any atom is -0.486 e. The van der Waals surface area contributed by atoms with Crippen LogP contribution in [0.5, 0.6) is 5.75 Å². The first-order valence-corrected chi connectivity index (χ1v) is 5.75. The fourth-order valence-corrected chi connectivity index (χ4v) is 1.65. The van der Waals surface area contributed by atoms with E-state index in [1.54, 1.807) is 0 Å². The highest BCUT2D eigenvalue weighted by molar-refractivity contribution is 5.94. The van der Waals surface area contributed by atoms with Crippen molar-refractivity contribution in [1.29, 1.82) is 0 Å². The van der Waals surface area contributed by atoms with Crippen LogP contribution in [0, 0.1) is 11.6 Å². The van der Waals surface area contributed by atoms with Gasteiger partial charge in [-0.05, 0) is 24.6 Å². The largest absolute Gasteiger partial charge is 0.486 e. The van der Waals surface area contributed by atoms with Crippen LogP contribution in [0.1, 0.15) is 22.8 Å². The van der Waals surface area contributed by atoms with E-state index < -0.39 is 17.4 Å². The normalized spacial score (nSPS) is 10.3. The SMILES string of the molecule is CC(=O)c1ccc(OCc2ccccc2)c(F)c1F. The molecule has 0 fully saturated rings. The minimum absolute atomic E-state index is 0.136. The van der Waals surface area contributed by atoms with Gasteiger partial charge in [0, 0.05) is 0 Å². The molecule has 0 atom stereocenters. The Kier molecular flexibility index (Phi) is 3.90. The van der Waals surface area contributed by atoms with Gasteiger partial charge < -0.3 is 4.74 Å². The first-order valence-electron chi connectivity index (χ1n) is 5.75.